The van der Waals surface area contributed by atoms with Crippen LogP contribution >= 0.6 is 0 Å². The second-order valence-corrected chi connectivity index (χ2v) is 10.5. The predicted molar refractivity (Wildman–Crippen MR) is 134 cm³/mol. The number of rotatable bonds is 5. The summed E-state index contributed by atoms with van der Waals surface area (Å²) in [5.41, 5.74) is 2.87. The minimum atomic E-state index is -1.25. The molecule has 4 heteroatoms. The lowest BCUT2D eigenvalue weighted by molar-refractivity contribution is -0.205. The van der Waals surface area contributed by atoms with Gasteiger partial charge in [0.1, 0.15) is 18.0 Å². The van der Waals surface area contributed by atoms with Gasteiger partial charge in [0.25, 0.3) is 0 Å². The van der Waals surface area contributed by atoms with Crippen LogP contribution in [-0.4, -0.2) is 20.8 Å². The first-order chi connectivity index (χ1) is 16.3. The topological polar surface area (TPSA) is 62.6 Å². The van der Waals surface area contributed by atoms with Crippen LogP contribution in [-0.2, 0) is 24.0 Å². The summed E-state index contributed by atoms with van der Waals surface area (Å²) in [4.78, 5) is 4.35. The monoisotopic (exact) mass is 457 g/mol. The second kappa shape index (κ2) is 8.51. The van der Waals surface area contributed by atoms with Crippen molar-refractivity contribution in [1.29, 1.82) is 0 Å². The van der Waals surface area contributed by atoms with Crippen molar-refractivity contribution in [2.24, 2.45) is 5.92 Å². The average Bonchev–Trinajstić information content (AvgIpc) is 2.84. The highest BCUT2D eigenvalue weighted by Crippen LogP contribution is 2.60. The van der Waals surface area contributed by atoms with Crippen LogP contribution < -0.4 is 4.74 Å². The van der Waals surface area contributed by atoms with Crippen LogP contribution in [0.25, 0.3) is 0 Å². The minimum Gasteiger partial charge on any atom is -0.489 e. The molecule has 1 aromatic heterocycles. The van der Waals surface area contributed by atoms with Gasteiger partial charge in [-0.2, -0.15) is 0 Å². The van der Waals surface area contributed by atoms with E-state index < -0.39 is 11.2 Å². The van der Waals surface area contributed by atoms with Gasteiger partial charge in [0.15, 0.2) is 0 Å². The van der Waals surface area contributed by atoms with Crippen LogP contribution in [0.5, 0.6) is 5.75 Å². The van der Waals surface area contributed by atoms with Crippen molar-refractivity contribution < 1.29 is 14.9 Å². The molecule has 4 nitrogen and oxygen atoms in total. The molecule has 1 saturated carbocycles. The molecule has 178 valence electrons. The fourth-order valence-corrected chi connectivity index (χ4v) is 6.63. The van der Waals surface area contributed by atoms with Crippen molar-refractivity contribution in [3.8, 4) is 5.75 Å². The number of aliphatic hydroxyl groups is 2. The maximum atomic E-state index is 11.8. The number of hydrogen-bond donors (Lipinski definition) is 2. The van der Waals surface area contributed by atoms with E-state index in [1.807, 2.05) is 50.2 Å². The molecule has 3 aromatic rings. The summed E-state index contributed by atoms with van der Waals surface area (Å²) in [5.74, 6) is 1.18. The van der Waals surface area contributed by atoms with Crippen molar-refractivity contribution in [2.75, 3.05) is 0 Å². The van der Waals surface area contributed by atoms with Gasteiger partial charge in [-0.25, -0.2) is 0 Å². The van der Waals surface area contributed by atoms with E-state index in [1.165, 1.54) is 11.1 Å². The third-order valence-corrected chi connectivity index (χ3v) is 8.64. The molecule has 0 saturated heterocycles. The molecule has 3 unspecified atom stereocenters. The molecule has 2 aromatic carbocycles. The molecule has 0 radical (unpaired) electrons. The Morgan fingerprint density at radius 2 is 1.85 bits per heavy atom. The number of pyridine rings is 1. The van der Waals surface area contributed by atoms with E-state index in [4.69, 9.17) is 4.74 Å². The van der Waals surface area contributed by atoms with Gasteiger partial charge in [-0.3, -0.25) is 4.98 Å². The number of benzene rings is 2. The van der Waals surface area contributed by atoms with Crippen LogP contribution in [0.4, 0.5) is 0 Å². The maximum absolute atomic E-state index is 11.8. The largest absolute Gasteiger partial charge is 0.489 e. The first-order valence-electron chi connectivity index (χ1n) is 12.5. The lowest BCUT2D eigenvalue weighted by atomic mass is 9.49. The molecule has 2 aliphatic rings. The highest BCUT2D eigenvalue weighted by Gasteiger charge is 2.60. The zero-order valence-corrected chi connectivity index (χ0v) is 20.4. The number of aromatic nitrogens is 1. The molecule has 34 heavy (non-hydrogen) atoms. The zero-order valence-electron chi connectivity index (χ0n) is 20.4. The quantitative estimate of drug-likeness (QED) is 0.523. The third-order valence-electron chi connectivity index (χ3n) is 8.64. The van der Waals surface area contributed by atoms with Crippen LogP contribution in [0.3, 0.4) is 0 Å². The van der Waals surface area contributed by atoms with Crippen LogP contribution in [0, 0.1) is 12.8 Å². The highest BCUT2D eigenvalue weighted by atomic mass is 16.5. The lowest BCUT2D eigenvalue weighted by Crippen LogP contribution is -2.62. The minimum absolute atomic E-state index is 0.156. The molecule has 2 aliphatic carbocycles. The van der Waals surface area contributed by atoms with Crippen molar-refractivity contribution in [3.63, 3.8) is 0 Å². The van der Waals surface area contributed by atoms with Crippen LogP contribution in [0.1, 0.15) is 67.5 Å². The highest BCUT2D eigenvalue weighted by molar-refractivity contribution is 5.45. The normalized spacial score (nSPS) is 30.3. The fraction of sp³-hybridized carbons (Fsp3) is 0.433. The summed E-state index contributed by atoms with van der Waals surface area (Å²) in [5, 5.41) is 23.6. The Morgan fingerprint density at radius 3 is 2.59 bits per heavy atom. The van der Waals surface area contributed by atoms with Gasteiger partial charge in [0, 0.05) is 22.9 Å². The molecular formula is C30H35NO3. The van der Waals surface area contributed by atoms with Crippen LogP contribution in [0.15, 0.2) is 66.9 Å². The summed E-state index contributed by atoms with van der Waals surface area (Å²) >= 11 is 0. The Morgan fingerprint density at radius 1 is 1.06 bits per heavy atom. The van der Waals surface area contributed by atoms with E-state index in [9.17, 15) is 10.2 Å². The smallest absolute Gasteiger partial charge is 0.120 e. The van der Waals surface area contributed by atoms with Gasteiger partial charge in [-0.05, 0) is 86.8 Å². The first kappa shape index (κ1) is 23.1. The average molecular weight is 458 g/mol. The van der Waals surface area contributed by atoms with Gasteiger partial charge >= 0.3 is 0 Å². The van der Waals surface area contributed by atoms with Gasteiger partial charge in [0.05, 0.1) is 5.60 Å². The molecule has 1 fully saturated rings. The molecule has 0 aliphatic heterocycles. The second-order valence-electron chi connectivity index (χ2n) is 10.5. The first-order valence-corrected chi connectivity index (χ1v) is 12.5. The summed E-state index contributed by atoms with van der Waals surface area (Å²) in [6.45, 7) is 6.54. The summed E-state index contributed by atoms with van der Waals surface area (Å²) < 4.78 is 6.14. The lowest BCUT2D eigenvalue weighted by Gasteiger charge is -2.59. The molecule has 5 rings (SSSR count). The third kappa shape index (κ3) is 3.64. The Balaban J connectivity index is 1.45. The molecular weight excluding hydrogens is 422 g/mol. The van der Waals surface area contributed by atoms with Gasteiger partial charge in [-0.15, -0.1) is 0 Å². The Kier molecular flexibility index (Phi) is 5.78. The summed E-state index contributed by atoms with van der Waals surface area (Å²) in [6.07, 6.45) is 5.79. The zero-order chi connectivity index (χ0) is 24.0. The van der Waals surface area contributed by atoms with Crippen LogP contribution in [0.2, 0.25) is 0 Å². The molecule has 0 spiro atoms. The van der Waals surface area contributed by atoms with Crippen molar-refractivity contribution in [2.45, 2.75) is 76.1 Å². The van der Waals surface area contributed by atoms with Gasteiger partial charge in [-0.1, -0.05) is 49.4 Å². The summed E-state index contributed by atoms with van der Waals surface area (Å²) in [7, 11) is 0. The van der Waals surface area contributed by atoms with E-state index >= 15 is 0 Å². The molecule has 1 heterocycles. The van der Waals surface area contributed by atoms with Gasteiger partial charge in [0.2, 0.25) is 0 Å². The van der Waals surface area contributed by atoms with Crippen molar-refractivity contribution in [1.82, 2.24) is 4.98 Å². The Bertz CT molecular complexity index is 1170. The summed E-state index contributed by atoms with van der Waals surface area (Å²) in [6, 6.07) is 20.2. The van der Waals surface area contributed by atoms with Crippen molar-refractivity contribution in [3.05, 3.63) is 94.8 Å². The number of ether oxygens (including phenoxy) is 1. The standard InChI is InChI=1S/C30H35NO3/c1-4-29-20-28(3,32)30(33,24-10-6-5-7-11-24)18-25(29)13-12-22-17-26(14-15-27(22)29)34-19-23-9-8-16-31-21(23)2/h5-11,14-17,25,32-33H,4,12-13,18-20H2,1-3H3/t25-,28?,29?,30?/m1/s1. The fourth-order valence-electron chi connectivity index (χ4n) is 6.63. The number of fused-ring (bicyclic) bond motifs is 3. The maximum Gasteiger partial charge on any atom is 0.120 e. The number of nitrogens with zero attached hydrogens (tertiary/aromatic N) is 1. The molecule has 0 bridgehead atoms. The van der Waals surface area contributed by atoms with E-state index in [0.29, 0.717) is 25.4 Å². The Labute approximate surface area is 202 Å². The van der Waals surface area contributed by atoms with E-state index in [2.05, 4.69) is 36.2 Å². The Hall–Kier alpha value is -2.69. The predicted octanol–water partition coefficient (Wildman–Crippen LogP) is 5.61. The molecule has 4 atom stereocenters. The molecule has 0 amide bonds. The van der Waals surface area contributed by atoms with Crippen molar-refractivity contribution >= 4 is 0 Å². The molecule has 2 N–H and O–H groups in total. The SMILES string of the molecule is CCC12CC(C)(O)C(O)(c3ccccc3)C[C@H]1CCc1cc(OCc3cccnc3C)ccc12. The number of aryl methyl sites for hydroxylation is 2. The van der Waals surface area contributed by atoms with Gasteiger partial charge < -0.3 is 14.9 Å². The van der Waals surface area contributed by atoms with E-state index in [1.54, 1.807) is 6.20 Å². The van der Waals surface area contributed by atoms with E-state index in [-0.39, 0.29) is 5.41 Å². The number of hydrogen-bond acceptors (Lipinski definition) is 4. The van der Waals surface area contributed by atoms with E-state index in [0.717, 1.165) is 41.8 Å².